The SMILES string of the molecule is Cc1cc(-c2nc(-c3ccccc3)nc(-c3ccccc3)n2)ccc1-n1c2ccccc2c2cc(C(C)(C)C)ccc21. The number of hydrogen-bond donors (Lipinski definition) is 0. The summed E-state index contributed by atoms with van der Waals surface area (Å²) in [5.41, 5.74) is 9.01. The summed E-state index contributed by atoms with van der Waals surface area (Å²) in [6, 6.07) is 42.3. The Morgan fingerprint density at radius 3 is 1.64 bits per heavy atom. The maximum Gasteiger partial charge on any atom is 0.164 e. The summed E-state index contributed by atoms with van der Waals surface area (Å²) >= 11 is 0. The van der Waals surface area contributed by atoms with Gasteiger partial charge in [0.05, 0.1) is 11.0 Å². The van der Waals surface area contributed by atoms with Crippen LogP contribution in [-0.2, 0) is 5.41 Å². The van der Waals surface area contributed by atoms with E-state index in [2.05, 4.69) is 92.9 Å². The zero-order valence-corrected chi connectivity index (χ0v) is 24.3. The van der Waals surface area contributed by atoms with E-state index >= 15 is 0 Å². The van der Waals surface area contributed by atoms with Crippen molar-refractivity contribution in [3.63, 3.8) is 0 Å². The first-order valence-electron chi connectivity index (χ1n) is 14.4. The van der Waals surface area contributed by atoms with Gasteiger partial charge in [-0.05, 0) is 59.9 Å². The number of nitrogens with zero attached hydrogens (tertiary/aromatic N) is 4. The van der Waals surface area contributed by atoms with E-state index in [0.717, 1.165) is 27.9 Å². The van der Waals surface area contributed by atoms with Crippen molar-refractivity contribution in [3.8, 4) is 39.9 Å². The van der Waals surface area contributed by atoms with Crippen molar-refractivity contribution in [2.45, 2.75) is 33.1 Å². The predicted molar refractivity (Wildman–Crippen MR) is 174 cm³/mol. The quantitative estimate of drug-likeness (QED) is 0.222. The Bertz CT molecular complexity index is 2010. The average Bonchev–Trinajstić information content (AvgIpc) is 3.35. The molecule has 2 heterocycles. The predicted octanol–water partition coefficient (Wildman–Crippen LogP) is 9.58. The lowest BCUT2D eigenvalue weighted by atomic mass is 9.86. The highest BCUT2D eigenvalue weighted by atomic mass is 15.0. The molecule has 0 radical (unpaired) electrons. The van der Waals surface area contributed by atoms with Crippen molar-refractivity contribution in [2.75, 3.05) is 0 Å². The van der Waals surface area contributed by atoms with Gasteiger partial charge in [0.1, 0.15) is 0 Å². The molecular weight excluding hydrogens is 512 g/mol. The second kappa shape index (κ2) is 10.1. The molecule has 0 aliphatic carbocycles. The Balaban J connectivity index is 1.39. The summed E-state index contributed by atoms with van der Waals surface area (Å²) in [5.74, 6) is 1.99. The van der Waals surface area contributed by atoms with Crippen LogP contribution in [0.1, 0.15) is 31.9 Å². The van der Waals surface area contributed by atoms with Gasteiger partial charge in [-0.1, -0.05) is 106 Å². The van der Waals surface area contributed by atoms with E-state index < -0.39 is 0 Å². The number of aromatic nitrogens is 4. The molecule has 0 bridgehead atoms. The Morgan fingerprint density at radius 1 is 0.500 bits per heavy atom. The molecule has 0 aliphatic rings. The molecule has 0 atom stereocenters. The molecule has 42 heavy (non-hydrogen) atoms. The van der Waals surface area contributed by atoms with Crippen molar-refractivity contribution in [2.24, 2.45) is 0 Å². The van der Waals surface area contributed by atoms with E-state index in [0.29, 0.717) is 17.5 Å². The summed E-state index contributed by atoms with van der Waals surface area (Å²) in [4.78, 5) is 14.7. The smallest absolute Gasteiger partial charge is 0.164 e. The van der Waals surface area contributed by atoms with Gasteiger partial charge in [0.25, 0.3) is 0 Å². The zero-order chi connectivity index (χ0) is 28.8. The van der Waals surface area contributed by atoms with Crippen molar-refractivity contribution in [3.05, 3.63) is 132 Å². The summed E-state index contributed by atoms with van der Waals surface area (Å²) in [6.07, 6.45) is 0. The Morgan fingerprint density at radius 2 is 1.05 bits per heavy atom. The Kier molecular flexibility index (Phi) is 6.20. The van der Waals surface area contributed by atoms with Crippen molar-refractivity contribution in [1.29, 1.82) is 0 Å². The van der Waals surface area contributed by atoms with Crippen LogP contribution in [0.2, 0.25) is 0 Å². The fraction of sp³-hybridized carbons (Fsp3) is 0.132. The third-order valence-corrected chi connectivity index (χ3v) is 7.93. The Labute approximate surface area is 246 Å². The molecule has 7 rings (SSSR count). The van der Waals surface area contributed by atoms with Crippen molar-refractivity contribution < 1.29 is 0 Å². The van der Waals surface area contributed by atoms with Gasteiger partial charge in [-0.25, -0.2) is 15.0 Å². The molecule has 0 N–H and O–H groups in total. The van der Waals surface area contributed by atoms with Crippen LogP contribution < -0.4 is 0 Å². The fourth-order valence-corrected chi connectivity index (χ4v) is 5.68. The van der Waals surface area contributed by atoms with Gasteiger partial charge in [-0.3, -0.25) is 0 Å². The van der Waals surface area contributed by atoms with Crippen molar-refractivity contribution in [1.82, 2.24) is 19.5 Å². The van der Waals surface area contributed by atoms with E-state index in [4.69, 9.17) is 15.0 Å². The third-order valence-electron chi connectivity index (χ3n) is 7.93. The maximum atomic E-state index is 4.94. The lowest BCUT2D eigenvalue weighted by Crippen LogP contribution is -2.10. The first-order valence-corrected chi connectivity index (χ1v) is 14.4. The largest absolute Gasteiger partial charge is 0.309 e. The molecule has 0 saturated carbocycles. The first-order chi connectivity index (χ1) is 20.4. The van der Waals surface area contributed by atoms with Gasteiger partial charge < -0.3 is 4.57 Å². The topological polar surface area (TPSA) is 43.6 Å². The van der Waals surface area contributed by atoms with Crippen LogP contribution in [0, 0.1) is 6.92 Å². The van der Waals surface area contributed by atoms with Gasteiger partial charge >= 0.3 is 0 Å². The lowest BCUT2D eigenvalue weighted by molar-refractivity contribution is 0.591. The van der Waals surface area contributed by atoms with Gasteiger partial charge in [0.2, 0.25) is 0 Å². The van der Waals surface area contributed by atoms with E-state index in [1.165, 1.54) is 27.4 Å². The summed E-state index contributed by atoms with van der Waals surface area (Å²) in [7, 11) is 0. The van der Waals surface area contributed by atoms with E-state index in [1.54, 1.807) is 0 Å². The highest BCUT2D eigenvalue weighted by Crippen LogP contribution is 2.36. The number of rotatable bonds is 4. The normalized spacial score (nSPS) is 11.8. The standard InChI is InChI=1S/C38H32N4/c1-25-23-28(37-40-35(26-13-7-5-8-14-26)39-36(41-37)27-15-9-6-10-16-27)19-21-32(25)42-33-18-12-11-17-30(33)31-24-29(38(2,3)4)20-22-34(31)42/h5-24H,1-4H3. The highest BCUT2D eigenvalue weighted by Gasteiger charge is 2.19. The van der Waals surface area contributed by atoms with Crippen LogP contribution in [0.15, 0.2) is 121 Å². The van der Waals surface area contributed by atoms with Crippen LogP contribution in [0.3, 0.4) is 0 Å². The number of hydrogen-bond acceptors (Lipinski definition) is 3. The molecule has 4 nitrogen and oxygen atoms in total. The second-order valence-electron chi connectivity index (χ2n) is 11.9. The minimum Gasteiger partial charge on any atom is -0.309 e. The lowest BCUT2D eigenvalue weighted by Gasteiger charge is -2.19. The molecule has 0 spiro atoms. The average molecular weight is 545 g/mol. The first kappa shape index (κ1) is 25.8. The maximum absolute atomic E-state index is 4.94. The molecule has 0 fully saturated rings. The van der Waals surface area contributed by atoms with Crippen molar-refractivity contribution >= 4 is 21.8 Å². The van der Waals surface area contributed by atoms with Gasteiger partial charge in [0, 0.05) is 33.2 Å². The molecule has 4 heteroatoms. The highest BCUT2D eigenvalue weighted by molar-refractivity contribution is 6.09. The molecule has 2 aromatic heterocycles. The molecular formula is C38H32N4. The number of para-hydroxylation sites is 1. The monoisotopic (exact) mass is 544 g/mol. The van der Waals surface area contributed by atoms with Crippen LogP contribution in [0.25, 0.3) is 61.7 Å². The van der Waals surface area contributed by atoms with E-state index in [1.807, 2.05) is 60.7 Å². The molecule has 0 amide bonds. The summed E-state index contributed by atoms with van der Waals surface area (Å²) in [5, 5.41) is 2.54. The van der Waals surface area contributed by atoms with Crippen LogP contribution in [-0.4, -0.2) is 19.5 Å². The van der Waals surface area contributed by atoms with Crippen LogP contribution in [0.4, 0.5) is 0 Å². The summed E-state index contributed by atoms with van der Waals surface area (Å²) < 4.78 is 2.38. The molecule has 0 saturated heterocycles. The van der Waals surface area contributed by atoms with E-state index in [-0.39, 0.29) is 5.41 Å². The number of fused-ring (bicyclic) bond motifs is 3. The van der Waals surface area contributed by atoms with Gasteiger partial charge in [-0.2, -0.15) is 0 Å². The molecule has 0 aliphatic heterocycles. The summed E-state index contributed by atoms with van der Waals surface area (Å²) in [6.45, 7) is 8.97. The number of benzene rings is 5. The third kappa shape index (κ3) is 4.55. The molecule has 204 valence electrons. The van der Waals surface area contributed by atoms with Crippen LogP contribution >= 0.6 is 0 Å². The zero-order valence-electron chi connectivity index (χ0n) is 24.3. The second-order valence-corrected chi connectivity index (χ2v) is 11.9. The van der Waals surface area contributed by atoms with Gasteiger partial charge in [-0.15, -0.1) is 0 Å². The van der Waals surface area contributed by atoms with E-state index in [9.17, 15) is 0 Å². The van der Waals surface area contributed by atoms with Crippen LogP contribution in [0.5, 0.6) is 0 Å². The molecule has 0 unspecified atom stereocenters. The Hall–Kier alpha value is -5.09. The minimum atomic E-state index is 0.0801. The molecule has 7 aromatic rings. The molecule has 5 aromatic carbocycles. The fourth-order valence-electron chi connectivity index (χ4n) is 5.68. The minimum absolute atomic E-state index is 0.0801. The number of aryl methyl sites for hydroxylation is 1. The van der Waals surface area contributed by atoms with Gasteiger partial charge in [0.15, 0.2) is 17.5 Å².